The molecule has 0 aliphatic heterocycles. The minimum Gasteiger partial charge on any atom is -0.339 e. The Hall–Kier alpha value is -1.95. The van der Waals surface area contributed by atoms with Gasteiger partial charge in [-0.15, -0.1) is 0 Å². The zero-order valence-corrected chi connectivity index (χ0v) is 7.38. The molecule has 4 nitrogen and oxygen atoms in total. The molecule has 1 rings (SSSR count). The maximum Gasteiger partial charge on any atom is 0.248 e. The Kier molecular flexibility index (Phi) is 4.09. The molecule has 0 aliphatic carbocycles. The molecule has 0 heterocycles. The highest BCUT2D eigenvalue weighted by atomic mass is 16.5. The summed E-state index contributed by atoms with van der Waals surface area (Å²) in [7, 11) is 0. The van der Waals surface area contributed by atoms with Gasteiger partial charge in [0.25, 0.3) is 0 Å². The van der Waals surface area contributed by atoms with Gasteiger partial charge in [-0.2, -0.15) is 10.3 Å². The van der Waals surface area contributed by atoms with E-state index in [2.05, 4.69) is 4.99 Å². The van der Waals surface area contributed by atoms with E-state index in [0.29, 0.717) is 0 Å². The predicted molar refractivity (Wildman–Crippen MR) is 48.8 cm³/mol. The summed E-state index contributed by atoms with van der Waals surface area (Å²) >= 11 is 0. The monoisotopic (exact) mass is 188 g/mol. The third-order valence-electron chi connectivity index (χ3n) is 1.53. The van der Waals surface area contributed by atoms with E-state index in [1.807, 2.05) is 30.3 Å². The minimum absolute atomic E-state index is 0.254. The average molecular weight is 188 g/mol. The van der Waals surface area contributed by atoms with Crippen LogP contribution in [-0.2, 0) is 16.1 Å². The molecule has 0 N–H and O–H groups in total. The zero-order chi connectivity index (χ0) is 10.2. The van der Waals surface area contributed by atoms with Gasteiger partial charge in [0.2, 0.25) is 12.3 Å². The molecular formula is C10H8N2O2. The second-order valence-electron chi connectivity index (χ2n) is 2.50. The molecule has 1 aromatic rings. The van der Waals surface area contributed by atoms with E-state index in [4.69, 9.17) is 10.00 Å². The molecule has 0 fully saturated rings. The van der Waals surface area contributed by atoms with Gasteiger partial charge < -0.3 is 4.74 Å². The Morgan fingerprint density at radius 3 is 2.71 bits per heavy atom. The van der Waals surface area contributed by atoms with Gasteiger partial charge in [0.1, 0.15) is 6.07 Å². The molecule has 1 aromatic carbocycles. The first kappa shape index (κ1) is 10.1. The fraction of sp³-hybridized carbons (Fsp3) is 0.200. The molecule has 0 aliphatic rings. The Morgan fingerprint density at radius 2 is 2.14 bits per heavy atom. The summed E-state index contributed by atoms with van der Waals surface area (Å²) < 4.78 is 5.03. The van der Waals surface area contributed by atoms with Gasteiger partial charge >= 0.3 is 0 Å². The summed E-state index contributed by atoms with van der Waals surface area (Å²) in [4.78, 5) is 13.0. The molecule has 0 amide bonds. The van der Waals surface area contributed by atoms with Crippen LogP contribution in [0.3, 0.4) is 0 Å². The smallest absolute Gasteiger partial charge is 0.248 e. The van der Waals surface area contributed by atoms with Gasteiger partial charge in [0.05, 0.1) is 6.61 Å². The standard InChI is InChI=1S/C10H8N2O2/c11-6-10(12-8-13)14-7-9-4-2-1-3-5-9/h1-5,10H,7H2. The number of nitriles is 1. The SMILES string of the molecule is N#CC(N=C=O)OCc1ccccc1. The fourth-order valence-corrected chi connectivity index (χ4v) is 0.901. The van der Waals surface area contributed by atoms with Crippen molar-refractivity contribution in [2.45, 2.75) is 12.8 Å². The maximum absolute atomic E-state index is 9.86. The summed E-state index contributed by atoms with van der Waals surface area (Å²) in [6.45, 7) is 0.254. The topological polar surface area (TPSA) is 62.5 Å². The Bertz CT molecular complexity index is 363. The summed E-state index contributed by atoms with van der Waals surface area (Å²) in [6.07, 6.45) is 0.220. The number of carbonyl (C=O) groups excluding carboxylic acids is 1. The van der Waals surface area contributed by atoms with E-state index >= 15 is 0 Å². The summed E-state index contributed by atoms with van der Waals surface area (Å²) in [5, 5.41) is 8.49. The van der Waals surface area contributed by atoms with Crippen LogP contribution in [0.5, 0.6) is 0 Å². The number of nitrogens with zero attached hydrogens (tertiary/aromatic N) is 2. The van der Waals surface area contributed by atoms with E-state index in [0.717, 1.165) is 5.56 Å². The highest BCUT2D eigenvalue weighted by Gasteiger charge is 2.03. The van der Waals surface area contributed by atoms with Crippen LogP contribution in [0.15, 0.2) is 35.3 Å². The van der Waals surface area contributed by atoms with Crippen LogP contribution in [0.4, 0.5) is 0 Å². The largest absolute Gasteiger partial charge is 0.339 e. The molecule has 1 unspecified atom stereocenters. The highest BCUT2D eigenvalue weighted by Crippen LogP contribution is 2.03. The van der Waals surface area contributed by atoms with Crippen molar-refractivity contribution in [2.75, 3.05) is 0 Å². The number of hydrogen-bond donors (Lipinski definition) is 0. The molecule has 0 spiro atoms. The number of aliphatic imine (C=N–C) groups is 1. The second-order valence-corrected chi connectivity index (χ2v) is 2.50. The molecule has 14 heavy (non-hydrogen) atoms. The first-order valence-electron chi connectivity index (χ1n) is 3.99. The quantitative estimate of drug-likeness (QED) is 0.529. The molecule has 4 heteroatoms. The molecule has 0 saturated heterocycles. The van der Waals surface area contributed by atoms with E-state index in [1.54, 1.807) is 6.07 Å². The van der Waals surface area contributed by atoms with Crippen molar-refractivity contribution < 1.29 is 9.53 Å². The molecule has 0 saturated carbocycles. The molecule has 0 radical (unpaired) electrons. The maximum atomic E-state index is 9.86. The second kappa shape index (κ2) is 5.65. The van der Waals surface area contributed by atoms with E-state index in [-0.39, 0.29) is 6.61 Å². The third-order valence-corrected chi connectivity index (χ3v) is 1.53. The van der Waals surface area contributed by atoms with Crippen LogP contribution >= 0.6 is 0 Å². The number of isocyanates is 1. The van der Waals surface area contributed by atoms with Crippen molar-refractivity contribution in [3.63, 3.8) is 0 Å². The van der Waals surface area contributed by atoms with E-state index in [1.165, 1.54) is 6.08 Å². The molecule has 70 valence electrons. The normalized spacial score (nSPS) is 11.1. The minimum atomic E-state index is -1.06. The lowest BCUT2D eigenvalue weighted by atomic mass is 10.2. The Balaban J connectivity index is 2.48. The van der Waals surface area contributed by atoms with Gasteiger partial charge in [-0.1, -0.05) is 30.3 Å². The van der Waals surface area contributed by atoms with Crippen molar-refractivity contribution in [1.82, 2.24) is 0 Å². The summed E-state index contributed by atoms with van der Waals surface area (Å²) in [5.41, 5.74) is 0.925. The first-order valence-corrected chi connectivity index (χ1v) is 3.99. The van der Waals surface area contributed by atoms with Crippen molar-refractivity contribution in [2.24, 2.45) is 4.99 Å². The number of rotatable bonds is 4. The van der Waals surface area contributed by atoms with E-state index in [9.17, 15) is 4.79 Å². The summed E-state index contributed by atoms with van der Waals surface area (Å²) in [5.74, 6) is 0. The molecule has 1 atom stereocenters. The van der Waals surface area contributed by atoms with Gasteiger partial charge in [-0.05, 0) is 5.56 Å². The Labute approximate surface area is 81.5 Å². The Morgan fingerprint density at radius 1 is 1.43 bits per heavy atom. The van der Waals surface area contributed by atoms with E-state index < -0.39 is 6.23 Å². The lowest BCUT2D eigenvalue weighted by molar-refractivity contribution is 0.0827. The van der Waals surface area contributed by atoms with Gasteiger partial charge in [0.15, 0.2) is 0 Å². The number of ether oxygens (including phenoxy) is 1. The molecule has 0 bridgehead atoms. The highest BCUT2D eigenvalue weighted by molar-refractivity contribution is 5.34. The van der Waals surface area contributed by atoms with Crippen LogP contribution in [0.2, 0.25) is 0 Å². The number of benzene rings is 1. The average Bonchev–Trinajstić information content (AvgIpc) is 2.25. The van der Waals surface area contributed by atoms with Crippen LogP contribution < -0.4 is 0 Å². The third kappa shape index (κ3) is 3.20. The van der Waals surface area contributed by atoms with Gasteiger partial charge in [0, 0.05) is 0 Å². The van der Waals surface area contributed by atoms with Crippen LogP contribution in [0.25, 0.3) is 0 Å². The first-order chi connectivity index (χ1) is 6.86. The van der Waals surface area contributed by atoms with Crippen LogP contribution in [0.1, 0.15) is 5.56 Å². The van der Waals surface area contributed by atoms with Gasteiger partial charge in [-0.25, -0.2) is 4.79 Å². The molecular weight excluding hydrogens is 180 g/mol. The zero-order valence-electron chi connectivity index (χ0n) is 7.38. The lowest BCUT2D eigenvalue weighted by Gasteiger charge is -2.03. The fourth-order valence-electron chi connectivity index (χ4n) is 0.901. The van der Waals surface area contributed by atoms with Crippen LogP contribution in [0, 0.1) is 11.3 Å². The van der Waals surface area contributed by atoms with Crippen molar-refractivity contribution in [3.8, 4) is 6.07 Å². The van der Waals surface area contributed by atoms with Crippen molar-refractivity contribution in [1.29, 1.82) is 5.26 Å². The van der Waals surface area contributed by atoms with Crippen molar-refractivity contribution in [3.05, 3.63) is 35.9 Å². The molecule has 0 aromatic heterocycles. The predicted octanol–water partition coefficient (Wildman–Crippen LogP) is 1.39. The summed E-state index contributed by atoms with van der Waals surface area (Å²) in [6, 6.07) is 11.1. The van der Waals surface area contributed by atoms with Crippen LogP contribution in [-0.4, -0.2) is 12.3 Å². The van der Waals surface area contributed by atoms with Crippen molar-refractivity contribution >= 4 is 6.08 Å². The number of hydrogen-bond acceptors (Lipinski definition) is 4. The lowest BCUT2D eigenvalue weighted by Crippen LogP contribution is -2.06. The van der Waals surface area contributed by atoms with Gasteiger partial charge in [-0.3, -0.25) is 0 Å².